The molecule has 0 aromatic heterocycles. The van der Waals surface area contributed by atoms with Crippen LogP contribution in [-0.2, 0) is 9.59 Å². The van der Waals surface area contributed by atoms with E-state index in [-0.39, 0.29) is 11.8 Å². The number of hydrogen-bond acceptors (Lipinski definition) is 2. The zero-order valence-electron chi connectivity index (χ0n) is 10.4. The maximum Gasteiger partial charge on any atom is 0.252 e. The lowest BCUT2D eigenvalue weighted by Gasteiger charge is -2.28. The van der Waals surface area contributed by atoms with Gasteiger partial charge in [0.25, 0.3) is 5.91 Å². The first-order valence-electron chi connectivity index (χ1n) is 5.79. The van der Waals surface area contributed by atoms with Crippen LogP contribution in [0.25, 0.3) is 0 Å². The van der Waals surface area contributed by atoms with Gasteiger partial charge in [-0.3, -0.25) is 9.59 Å². The molecule has 1 aromatic rings. The van der Waals surface area contributed by atoms with Crippen molar-refractivity contribution >= 4 is 33.4 Å². The van der Waals surface area contributed by atoms with Gasteiger partial charge < -0.3 is 10.2 Å². The summed E-state index contributed by atoms with van der Waals surface area (Å²) in [6.07, 6.45) is 0.321. The fourth-order valence-corrected chi connectivity index (χ4v) is 2.39. The van der Waals surface area contributed by atoms with Crippen molar-refractivity contribution in [2.24, 2.45) is 0 Å². The van der Waals surface area contributed by atoms with Gasteiger partial charge in [-0.05, 0) is 32.0 Å². The number of hydrogen-bond donors (Lipinski definition) is 1. The molecule has 1 saturated heterocycles. The quantitative estimate of drug-likeness (QED) is 0.863. The number of carbonyl (C=O) groups excluding carboxylic acids is 2. The predicted octanol–water partition coefficient (Wildman–Crippen LogP) is 2.08. The topological polar surface area (TPSA) is 49.4 Å². The van der Waals surface area contributed by atoms with Crippen LogP contribution in [0.2, 0.25) is 0 Å². The van der Waals surface area contributed by atoms with Crippen LogP contribution in [-0.4, -0.2) is 23.9 Å². The van der Waals surface area contributed by atoms with Crippen molar-refractivity contribution in [3.63, 3.8) is 0 Å². The minimum Gasteiger partial charge on any atom is -0.342 e. The molecule has 1 aliphatic heterocycles. The Kier molecular flexibility index (Phi) is 3.43. The minimum absolute atomic E-state index is 0.0912. The molecule has 1 aromatic carbocycles. The summed E-state index contributed by atoms with van der Waals surface area (Å²) >= 11 is 3.39. The molecule has 2 rings (SSSR count). The molecule has 96 valence electrons. The van der Waals surface area contributed by atoms with E-state index < -0.39 is 5.54 Å². The van der Waals surface area contributed by atoms with E-state index in [9.17, 15) is 9.59 Å². The lowest BCUT2D eigenvalue weighted by molar-refractivity contribution is -0.128. The van der Waals surface area contributed by atoms with E-state index in [1.165, 1.54) is 0 Å². The Bertz CT molecular complexity index is 500. The van der Waals surface area contributed by atoms with Crippen LogP contribution >= 0.6 is 15.9 Å². The molecule has 1 heterocycles. The molecule has 0 atom stereocenters. The molecule has 0 aliphatic carbocycles. The van der Waals surface area contributed by atoms with Gasteiger partial charge in [0.15, 0.2) is 0 Å². The third kappa shape index (κ3) is 2.56. The molecule has 0 spiro atoms. The van der Waals surface area contributed by atoms with E-state index in [2.05, 4.69) is 21.2 Å². The van der Waals surface area contributed by atoms with Gasteiger partial charge in [0, 0.05) is 23.1 Å². The van der Waals surface area contributed by atoms with Crippen LogP contribution in [0.4, 0.5) is 5.69 Å². The number of halogens is 1. The molecule has 4 nitrogen and oxygen atoms in total. The van der Waals surface area contributed by atoms with Crippen LogP contribution in [0.1, 0.15) is 20.3 Å². The Morgan fingerprint density at radius 1 is 1.33 bits per heavy atom. The van der Waals surface area contributed by atoms with Gasteiger partial charge in [0.05, 0.1) is 0 Å². The number of carbonyl (C=O) groups is 2. The summed E-state index contributed by atoms with van der Waals surface area (Å²) in [5.41, 5.74) is -0.0606. The Morgan fingerprint density at radius 3 is 2.72 bits per heavy atom. The number of nitrogens with zero attached hydrogens (tertiary/aromatic N) is 1. The zero-order chi connectivity index (χ0) is 13.3. The molecule has 0 bridgehead atoms. The van der Waals surface area contributed by atoms with Gasteiger partial charge in [0.2, 0.25) is 5.91 Å². The first-order chi connectivity index (χ1) is 8.40. The van der Waals surface area contributed by atoms with Gasteiger partial charge in [-0.1, -0.05) is 22.0 Å². The summed E-state index contributed by atoms with van der Waals surface area (Å²) in [5.74, 6) is -0.183. The number of anilines is 1. The average Bonchev–Trinajstić information content (AvgIpc) is 2.37. The Balaban J connectivity index is 2.37. The van der Waals surface area contributed by atoms with Crippen molar-refractivity contribution in [3.05, 3.63) is 28.7 Å². The SMILES string of the molecule is CC1(C)NC(=O)CCN(c2cccc(Br)c2)C1=O. The van der Waals surface area contributed by atoms with Crippen LogP contribution in [0.15, 0.2) is 28.7 Å². The van der Waals surface area contributed by atoms with Crippen LogP contribution in [0, 0.1) is 0 Å². The highest BCUT2D eigenvalue weighted by Crippen LogP contribution is 2.24. The second-order valence-corrected chi connectivity index (χ2v) is 5.78. The molecule has 18 heavy (non-hydrogen) atoms. The smallest absolute Gasteiger partial charge is 0.252 e. The molecule has 0 saturated carbocycles. The van der Waals surface area contributed by atoms with E-state index in [1.54, 1.807) is 18.7 Å². The lowest BCUT2D eigenvalue weighted by atomic mass is 10.0. The highest BCUT2D eigenvalue weighted by Gasteiger charge is 2.37. The van der Waals surface area contributed by atoms with E-state index in [0.717, 1.165) is 10.2 Å². The Morgan fingerprint density at radius 2 is 2.06 bits per heavy atom. The highest BCUT2D eigenvalue weighted by molar-refractivity contribution is 9.10. The van der Waals surface area contributed by atoms with E-state index in [0.29, 0.717) is 13.0 Å². The van der Waals surface area contributed by atoms with E-state index in [1.807, 2.05) is 24.3 Å². The molecular formula is C13H15BrN2O2. The number of nitrogens with one attached hydrogen (secondary N) is 1. The minimum atomic E-state index is -0.865. The van der Waals surface area contributed by atoms with Crippen molar-refractivity contribution in [1.82, 2.24) is 5.32 Å². The predicted molar refractivity (Wildman–Crippen MR) is 73.3 cm³/mol. The molecule has 0 radical (unpaired) electrons. The van der Waals surface area contributed by atoms with E-state index >= 15 is 0 Å². The summed E-state index contributed by atoms with van der Waals surface area (Å²) in [5, 5.41) is 2.74. The standard InChI is InChI=1S/C13H15BrN2O2/c1-13(2)12(18)16(7-6-11(17)15-13)10-5-3-4-9(14)8-10/h3-5,8H,6-7H2,1-2H3,(H,15,17). The van der Waals surface area contributed by atoms with Crippen LogP contribution in [0.3, 0.4) is 0 Å². The molecule has 1 N–H and O–H groups in total. The zero-order valence-corrected chi connectivity index (χ0v) is 12.0. The summed E-state index contributed by atoms with van der Waals surface area (Å²) < 4.78 is 0.911. The summed E-state index contributed by atoms with van der Waals surface area (Å²) in [6, 6.07) is 7.53. The third-order valence-electron chi connectivity index (χ3n) is 2.91. The number of benzene rings is 1. The van der Waals surface area contributed by atoms with Gasteiger partial charge in [-0.15, -0.1) is 0 Å². The van der Waals surface area contributed by atoms with Gasteiger partial charge in [0.1, 0.15) is 5.54 Å². The fraction of sp³-hybridized carbons (Fsp3) is 0.385. The van der Waals surface area contributed by atoms with Crippen LogP contribution in [0.5, 0.6) is 0 Å². The van der Waals surface area contributed by atoms with Gasteiger partial charge in [-0.2, -0.15) is 0 Å². The number of rotatable bonds is 1. The largest absolute Gasteiger partial charge is 0.342 e. The molecular weight excluding hydrogens is 296 g/mol. The highest BCUT2D eigenvalue weighted by atomic mass is 79.9. The van der Waals surface area contributed by atoms with E-state index in [4.69, 9.17) is 0 Å². The summed E-state index contributed by atoms with van der Waals surface area (Å²) in [4.78, 5) is 25.7. The van der Waals surface area contributed by atoms with Gasteiger partial charge in [-0.25, -0.2) is 0 Å². The first kappa shape index (κ1) is 13.1. The van der Waals surface area contributed by atoms with Crippen molar-refractivity contribution in [2.45, 2.75) is 25.8 Å². The maximum atomic E-state index is 12.4. The maximum absolute atomic E-state index is 12.4. The molecule has 5 heteroatoms. The second kappa shape index (κ2) is 4.72. The van der Waals surface area contributed by atoms with Crippen molar-refractivity contribution < 1.29 is 9.59 Å². The third-order valence-corrected chi connectivity index (χ3v) is 3.41. The summed E-state index contributed by atoms with van der Waals surface area (Å²) in [6.45, 7) is 3.86. The Hall–Kier alpha value is -1.36. The monoisotopic (exact) mass is 310 g/mol. The molecule has 1 fully saturated rings. The second-order valence-electron chi connectivity index (χ2n) is 4.86. The first-order valence-corrected chi connectivity index (χ1v) is 6.58. The fourth-order valence-electron chi connectivity index (χ4n) is 2.01. The van der Waals surface area contributed by atoms with Crippen LogP contribution < -0.4 is 10.2 Å². The molecule has 1 aliphatic rings. The van der Waals surface area contributed by atoms with Crippen molar-refractivity contribution in [1.29, 1.82) is 0 Å². The number of amides is 2. The van der Waals surface area contributed by atoms with Crippen molar-refractivity contribution in [3.8, 4) is 0 Å². The lowest BCUT2D eigenvalue weighted by Crippen LogP contribution is -2.53. The van der Waals surface area contributed by atoms with Gasteiger partial charge >= 0.3 is 0 Å². The Labute approximate surface area is 114 Å². The molecule has 2 amide bonds. The normalized spacial score (nSPS) is 19.4. The summed E-state index contributed by atoms with van der Waals surface area (Å²) in [7, 11) is 0. The van der Waals surface area contributed by atoms with Crippen molar-refractivity contribution in [2.75, 3.05) is 11.4 Å². The average molecular weight is 311 g/mol. The molecule has 0 unspecified atom stereocenters.